The Morgan fingerprint density at radius 3 is 2.58 bits per heavy atom. The van der Waals surface area contributed by atoms with Crippen LogP contribution in [0.3, 0.4) is 0 Å². The van der Waals surface area contributed by atoms with E-state index in [4.69, 9.17) is 0 Å². The second-order valence-corrected chi connectivity index (χ2v) is 7.62. The van der Waals surface area contributed by atoms with E-state index in [-0.39, 0.29) is 6.54 Å². The highest BCUT2D eigenvalue weighted by molar-refractivity contribution is 7.89. The maximum atomic E-state index is 12.4. The van der Waals surface area contributed by atoms with E-state index in [1.165, 1.54) is 0 Å². The quantitative estimate of drug-likeness (QED) is 0.378. The standard InChI is InChI=1S/C17H30N4O2S/c1-6-15(5)21-17(18-7-2)19-10-11-20-24(22,23)16-12-13(3)8-9-14(16)4/h8-9,12,15,20H,6-7,10-11H2,1-5H3,(H2,18,19,21). The molecule has 0 spiro atoms. The van der Waals surface area contributed by atoms with Gasteiger partial charge in [0.2, 0.25) is 10.0 Å². The third kappa shape index (κ3) is 6.49. The van der Waals surface area contributed by atoms with Crippen LogP contribution in [0.5, 0.6) is 0 Å². The van der Waals surface area contributed by atoms with Gasteiger partial charge in [-0.05, 0) is 51.3 Å². The number of benzene rings is 1. The molecule has 0 aliphatic carbocycles. The Balaban J connectivity index is 2.67. The van der Waals surface area contributed by atoms with Crippen LogP contribution in [0.1, 0.15) is 38.3 Å². The van der Waals surface area contributed by atoms with E-state index in [1.54, 1.807) is 13.0 Å². The van der Waals surface area contributed by atoms with Crippen molar-refractivity contribution in [3.63, 3.8) is 0 Å². The molecule has 0 saturated carbocycles. The minimum absolute atomic E-state index is 0.257. The highest BCUT2D eigenvalue weighted by atomic mass is 32.2. The van der Waals surface area contributed by atoms with E-state index in [1.807, 2.05) is 26.0 Å². The average Bonchev–Trinajstić information content (AvgIpc) is 2.53. The van der Waals surface area contributed by atoms with Crippen LogP contribution >= 0.6 is 0 Å². The second kappa shape index (κ2) is 9.64. The number of rotatable bonds is 8. The van der Waals surface area contributed by atoms with Crippen LogP contribution in [0.15, 0.2) is 28.1 Å². The molecule has 3 N–H and O–H groups in total. The number of aliphatic imine (C=N–C) groups is 1. The van der Waals surface area contributed by atoms with E-state index < -0.39 is 10.0 Å². The van der Waals surface area contributed by atoms with Gasteiger partial charge in [-0.2, -0.15) is 0 Å². The molecule has 0 fully saturated rings. The first-order valence-electron chi connectivity index (χ1n) is 8.42. The van der Waals surface area contributed by atoms with Gasteiger partial charge in [0.25, 0.3) is 0 Å². The fourth-order valence-corrected chi connectivity index (χ4v) is 3.43. The summed E-state index contributed by atoms with van der Waals surface area (Å²) in [4.78, 5) is 4.74. The van der Waals surface area contributed by atoms with Crippen LogP contribution in [-0.2, 0) is 10.0 Å². The number of hydrogen-bond acceptors (Lipinski definition) is 3. The summed E-state index contributed by atoms with van der Waals surface area (Å²) in [6.07, 6.45) is 0.990. The highest BCUT2D eigenvalue weighted by Gasteiger charge is 2.16. The molecule has 0 aliphatic heterocycles. The van der Waals surface area contributed by atoms with Gasteiger partial charge in [0.15, 0.2) is 5.96 Å². The second-order valence-electron chi connectivity index (χ2n) is 5.88. The summed E-state index contributed by atoms with van der Waals surface area (Å²) in [7, 11) is -3.51. The van der Waals surface area contributed by atoms with Crippen molar-refractivity contribution in [2.75, 3.05) is 19.6 Å². The molecule has 0 amide bonds. The topological polar surface area (TPSA) is 82.6 Å². The largest absolute Gasteiger partial charge is 0.357 e. The SMILES string of the molecule is CCNC(=NCCNS(=O)(=O)c1cc(C)ccc1C)NC(C)CC. The summed E-state index contributed by atoms with van der Waals surface area (Å²) in [6, 6.07) is 5.73. The molecule has 1 rings (SSSR count). The lowest BCUT2D eigenvalue weighted by Crippen LogP contribution is -2.42. The molecule has 0 bridgehead atoms. The first-order valence-corrected chi connectivity index (χ1v) is 9.90. The number of sulfonamides is 1. The summed E-state index contributed by atoms with van der Waals surface area (Å²) < 4.78 is 27.4. The van der Waals surface area contributed by atoms with Crippen molar-refractivity contribution in [3.8, 4) is 0 Å². The first-order chi connectivity index (χ1) is 11.3. The van der Waals surface area contributed by atoms with Gasteiger partial charge in [0.1, 0.15) is 0 Å². The van der Waals surface area contributed by atoms with Gasteiger partial charge >= 0.3 is 0 Å². The Morgan fingerprint density at radius 2 is 1.96 bits per heavy atom. The lowest BCUT2D eigenvalue weighted by molar-refractivity contribution is 0.581. The zero-order valence-corrected chi connectivity index (χ0v) is 16.1. The van der Waals surface area contributed by atoms with Crippen LogP contribution in [0.2, 0.25) is 0 Å². The van der Waals surface area contributed by atoms with Crippen molar-refractivity contribution < 1.29 is 8.42 Å². The van der Waals surface area contributed by atoms with E-state index in [9.17, 15) is 8.42 Å². The van der Waals surface area contributed by atoms with Crippen molar-refractivity contribution in [2.24, 2.45) is 4.99 Å². The fraction of sp³-hybridized carbons (Fsp3) is 0.588. The molecule has 1 atom stereocenters. The molecule has 136 valence electrons. The number of guanidine groups is 1. The van der Waals surface area contributed by atoms with Crippen LogP contribution in [0.4, 0.5) is 0 Å². The Kier molecular flexibility index (Phi) is 8.21. The van der Waals surface area contributed by atoms with E-state index in [2.05, 4.69) is 34.2 Å². The third-order valence-electron chi connectivity index (χ3n) is 3.65. The Hall–Kier alpha value is -1.60. The summed E-state index contributed by atoms with van der Waals surface area (Å²) in [5.74, 6) is 0.706. The Morgan fingerprint density at radius 1 is 1.25 bits per heavy atom. The van der Waals surface area contributed by atoms with Gasteiger partial charge in [0, 0.05) is 19.1 Å². The van der Waals surface area contributed by atoms with Gasteiger partial charge < -0.3 is 10.6 Å². The lowest BCUT2D eigenvalue weighted by Gasteiger charge is -2.16. The summed E-state index contributed by atoms with van der Waals surface area (Å²) in [5, 5.41) is 6.43. The molecule has 0 heterocycles. The van der Waals surface area contributed by atoms with Crippen molar-refractivity contribution in [1.82, 2.24) is 15.4 Å². The number of hydrogen-bond donors (Lipinski definition) is 3. The van der Waals surface area contributed by atoms with Gasteiger partial charge in [-0.3, -0.25) is 4.99 Å². The van der Waals surface area contributed by atoms with Crippen molar-refractivity contribution in [3.05, 3.63) is 29.3 Å². The third-order valence-corrected chi connectivity index (χ3v) is 5.25. The molecule has 24 heavy (non-hydrogen) atoms. The van der Waals surface area contributed by atoms with E-state index in [0.29, 0.717) is 23.4 Å². The summed E-state index contributed by atoms with van der Waals surface area (Å²) in [6.45, 7) is 11.2. The normalized spacial score (nSPS) is 13.6. The minimum atomic E-state index is -3.51. The van der Waals surface area contributed by atoms with Crippen LogP contribution in [0.25, 0.3) is 0 Å². The molecular formula is C17H30N4O2S. The molecule has 0 saturated heterocycles. The Labute approximate surface area is 146 Å². The molecule has 6 nitrogen and oxygen atoms in total. The number of nitrogens with one attached hydrogen (secondary N) is 3. The van der Waals surface area contributed by atoms with Crippen LogP contribution in [0, 0.1) is 13.8 Å². The molecule has 1 aromatic rings. The number of aryl methyl sites for hydroxylation is 2. The van der Waals surface area contributed by atoms with Gasteiger partial charge in [-0.15, -0.1) is 0 Å². The molecule has 1 aromatic carbocycles. The van der Waals surface area contributed by atoms with Crippen LogP contribution < -0.4 is 15.4 Å². The minimum Gasteiger partial charge on any atom is -0.357 e. The predicted molar refractivity (Wildman–Crippen MR) is 100.0 cm³/mol. The van der Waals surface area contributed by atoms with Crippen LogP contribution in [-0.4, -0.2) is 40.1 Å². The number of nitrogens with zero attached hydrogens (tertiary/aromatic N) is 1. The molecule has 0 aromatic heterocycles. The maximum Gasteiger partial charge on any atom is 0.240 e. The van der Waals surface area contributed by atoms with Gasteiger partial charge in [-0.1, -0.05) is 19.1 Å². The summed E-state index contributed by atoms with van der Waals surface area (Å²) >= 11 is 0. The van der Waals surface area contributed by atoms with Crippen molar-refractivity contribution in [2.45, 2.75) is 52.0 Å². The smallest absolute Gasteiger partial charge is 0.240 e. The molecule has 7 heteroatoms. The fourth-order valence-electron chi connectivity index (χ4n) is 2.08. The molecular weight excluding hydrogens is 324 g/mol. The lowest BCUT2D eigenvalue weighted by atomic mass is 10.2. The Bertz CT molecular complexity index is 657. The van der Waals surface area contributed by atoms with E-state index in [0.717, 1.165) is 24.1 Å². The first kappa shape index (κ1) is 20.4. The van der Waals surface area contributed by atoms with Crippen molar-refractivity contribution in [1.29, 1.82) is 0 Å². The maximum absolute atomic E-state index is 12.4. The monoisotopic (exact) mass is 354 g/mol. The predicted octanol–water partition coefficient (Wildman–Crippen LogP) is 1.94. The molecule has 0 radical (unpaired) electrons. The zero-order valence-electron chi connectivity index (χ0n) is 15.3. The van der Waals surface area contributed by atoms with E-state index >= 15 is 0 Å². The van der Waals surface area contributed by atoms with Gasteiger partial charge in [0.05, 0.1) is 11.4 Å². The van der Waals surface area contributed by atoms with Gasteiger partial charge in [-0.25, -0.2) is 13.1 Å². The average molecular weight is 355 g/mol. The zero-order chi connectivity index (χ0) is 18.2. The highest BCUT2D eigenvalue weighted by Crippen LogP contribution is 2.16. The summed E-state index contributed by atoms with van der Waals surface area (Å²) in [5.41, 5.74) is 1.66. The van der Waals surface area contributed by atoms with Crippen molar-refractivity contribution >= 4 is 16.0 Å². The molecule has 0 aliphatic rings. The molecule has 1 unspecified atom stereocenters.